The Labute approximate surface area is 128 Å². The zero-order valence-corrected chi connectivity index (χ0v) is 13.1. The standard InChI is InChI=1S/C16H19NO3S/c1-3-19-14-8-6-5-7-13(14)16-17-12(11-21-16)9-10-15(18)20-4-2/h5-8,11H,3-4,9-10H2,1-2H3. The summed E-state index contributed by atoms with van der Waals surface area (Å²) >= 11 is 1.56. The largest absolute Gasteiger partial charge is 0.493 e. The van der Waals surface area contributed by atoms with Crippen molar-refractivity contribution in [1.29, 1.82) is 0 Å². The van der Waals surface area contributed by atoms with Gasteiger partial charge in [0.25, 0.3) is 0 Å². The molecule has 112 valence electrons. The highest BCUT2D eigenvalue weighted by atomic mass is 32.1. The fraction of sp³-hybridized carbons (Fsp3) is 0.375. The van der Waals surface area contributed by atoms with Crippen molar-refractivity contribution in [1.82, 2.24) is 4.98 Å². The molecule has 0 saturated heterocycles. The number of esters is 1. The minimum absolute atomic E-state index is 0.179. The minimum atomic E-state index is -0.179. The van der Waals surface area contributed by atoms with Crippen molar-refractivity contribution >= 4 is 17.3 Å². The number of thiazole rings is 1. The Morgan fingerprint density at radius 2 is 2.05 bits per heavy atom. The van der Waals surface area contributed by atoms with Gasteiger partial charge in [0.05, 0.1) is 30.9 Å². The van der Waals surface area contributed by atoms with Crippen LogP contribution in [0.15, 0.2) is 29.6 Å². The molecule has 1 aromatic heterocycles. The summed E-state index contributed by atoms with van der Waals surface area (Å²) < 4.78 is 10.5. The lowest BCUT2D eigenvalue weighted by Gasteiger charge is -2.07. The van der Waals surface area contributed by atoms with Crippen LogP contribution in [0.3, 0.4) is 0 Å². The van der Waals surface area contributed by atoms with Crippen LogP contribution < -0.4 is 4.74 Å². The Kier molecular flexibility index (Phi) is 5.75. The van der Waals surface area contributed by atoms with Crippen LogP contribution in [-0.2, 0) is 16.0 Å². The number of nitrogens with zero attached hydrogens (tertiary/aromatic N) is 1. The number of para-hydroxylation sites is 1. The molecule has 0 fully saturated rings. The SMILES string of the molecule is CCOC(=O)CCc1csc(-c2ccccc2OCC)n1. The molecule has 4 nitrogen and oxygen atoms in total. The molecule has 0 aliphatic carbocycles. The average Bonchev–Trinajstić information content (AvgIpc) is 2.95. The van der Waals surface area contributed by atoms with Crippen molar-refractivity contribution in [2.45, 2.75) is 26.7 Å². The van der Waals surface area contributed by atoms with Gasteiger partial charge in [-0.2, -0.15) is 0 Å². The summed E-state index contributed by atoms with van der Waals surface area (Å²) in [7, 11) is 0. The predicted molar refractivity (Wildman–Crippen MR) is 83.7 cm³/mol. The number of hydrogen-bond donors (Lipinski definition) is 0. The quantitative estimate of drug-likeness (QED) is 0.732. The predicted octanol–water partition coefficient (Wildman–Crippen LogP) is 3.70. The molecular formula is C16H19NO3S. The number of hydrogen-bond acceptors (Lipinski definition) is 5. The van der Waals surface area contributed by atoms with Gasteiger partial charge in [-0.1, -0.05) is 12.1 Å². The second-order valence-electron chi connectivity index (χ2n) is 4.38. The van der Waals surface area contributed by atoms with Gasteiger partial charge >= 0.3 is 5.97 Å². The molecule has 2 rings (SSSR count). The van der Waals surface area contributed by atoms with E-state index in [4.69, 9.17) is 9.47 Å². The van der Waals surface area contributed by atoms with Gasteiger partial charge in [-0.15, -0.1) is 11.3 Å². The molecule has 21 heavy (non-hydrogen) atoms. The zero-order valence-electron chi connectivity index (χ0n) is 12.3. The van der Waals surface area contributed by atoms with E-state index in [9.17, 15) is 4.79 Å². The lowest BCUT2D eigenvalue weighted by molar-refractivity contribution is -0.143. The minimum Gasteiger partial charge on any atom is -0.493 e. The fourth-order valence-electron chi connectivity index (χ4n) is 1.93. The Hall–Kier alpha value is -1.88. The first-order valence-corrected chi connectivity index (χ1v) is 7.94. The van der Waals surface area contributed by atoms with Crippen LogP contribution >= 0.6 is 11.3 Å². The Morgan fingerprint density at radius 1 is 1.24 bits per heavy atom. The summed E-state index contributed by atoms with van der Waals surface area (Å²) in [6.45, 7) is 4.81. The molecule has 0 radical (unpaired) electrons. The number of aromatic nitrogens is 1. The summed E-state index contributed by atoms with van der Waals surface area (Å²) in [5, 5.41) is 2.90. The fourth-order valence-corrected chi connectivity index (χ4v) is 2.82. The van der Waals surface area contributed by atoms with Crippen LogP contribution in [0.5, 0.6) is 5.75 Å². The third-order valence-corrected chi connectivity index (χ3v) is 3.78. The van der Waals surface area contributed by atoms with E-state index < -0.39 is 0 Å². The van der Waals surface area contributed by atoms with E-state index in [0.717, 1.165) is 22.0 Å². The Bertz CT molecular complexity index is 595. The summed E-state index contributed by atoms with van der Waals surface area (Å²) in [6.07, 6.45) is 0.969. The van der Waals surface area contributed by atoms with Crippen LogP contribution in [0.2, 0.25) is 0 Å². The number of ether oxygens (including phenoxy) is 2. The van der Waals surface area contributed by atoms with Crippen molar-refractivity contribution in [2.75, 3.05) is 13.2 Å². The summed E-state index contributed by atoms with van der Waals surface area (Å²) in [6, 6.07) is 7.86. The van der Waals surface area contributed by atoms with E-state index in [1.165, 1.54) is 0 Å². The van der Waals surface area contributed by atoms with Gasteiger partial charge in [-0.3, -0.25) is 4.79 Å². The second kappa shape index (κ2) is 7.78. The molecule has 0 aliphatic rings. The maximum Gasteiger partial charge on any atom is 0.306 e. The smallest absolute Gasteiger partial charge is 0.306 e. The molecule has 0 spiro atoms. The zero-order chi connectivity index (χ0) is 15.1. The van der Waals surface area contributed by atoms with Gasteiger partial charge in [0.2, 0.25) is 0 Å². The highest BCUT2D eigenvalue weighted by molar-refractivity contribution is 7.13. The monoisotopic (exact) mass is 305 g/mol. The first-order valence-electron chi connectivity index (χ1n) is 7.06. The second-order valence-corrected chi connectivity index (χ2v) is 5.24. The molecule has 2 aromatic rings. The number of aryl methyl sites for hydroxylation is 1. The van der Waals surface area contributed by atoms with E-state index in [-0.39, 0.29) is 5.97 Å². The number of rotatable bonds is 7. The molecule has 0 saturated carbocycles. The molecule has 5 heteroatoms. The maximum atomic E-state index is 11.4. The molecular weight excluding hydrogens is 286 g/mol. The first kappa shape index (κ1) is 15.5. The Morgan fingerprint density at radius 3 is 2.81 bits per heavy atom. The van der Waals surface area contributed by atoms with Gasteiger partial charge in [-0.25, -0.2) is 4.98 Å². The number of carbonyl (C=O) groups is 1. The summed E-state index contributed by atoms with van der Waals surface area (Å²) in [5.41, 5.74) is 1.90. The van der Waals surface area contributed by atoms with E-state index in [0.29, 0.717) is 26.1 Å². The molecule has 1 heterocycles. The molecule has 0 bridgehead atoms. The highest BCUT2D eigenvalue weighted by Gasteiger charge is 2.11. The van der Waals surface area contributed by atoms with Gasteiger partial charge in [-0.05, 0) is 26.0 Å². The van der Waals surface area contributed by atoms with Gasteiger partial charge in [0, 0.05) is 11.8 Å². The normalized spacial score (nSPS) is 10.4. The van der Waals surface area contributed by atoms with Crippen LogP contribution in [0.4, 0.5) is 0 Å². The summed E-state index contributed by atoms with van der Waals surface area (Å²) in [5.74, 6) is 0.660. The molecule has 0 aliphatic heterocycles. The third-order valence-electron chi connectivity index (χ3n) is 2.86. The van der Waals surface area contributed by atoms with Crippen molar-refractivity contribution in [2.24, 2.45) is 0 Å². The lowest BCUT2D eigenvalue weighted by Crippen LogP contribution is -2.05. The van der Waals surface area contributed by atoms with Crippen molar-refractivity contribution < 1.29 is 14.3 Å². The van der Waals surface area contributed by atoms with Crippen molar-refractivity contribution in [3.8, 4) is 16.3 Å². The molecule has 0 N–H and O–H groups in total. The van der Waals surface area contributed by atoms with Crippen molar-refractivity contribution in [3.05, 3.63) is 35.3 Å². The number of carbonyl (C=O) groups excluding carboxylic acids is 1. The van der Waals surface area contributed by atoms with E-state index in [1.807, 2.05) is 43.5 Å². The van der Waals surface area contributed by atoms with Gasteiger partial charge in [0.15, 0.2) is 0 Å². The number of benzene rings is 1. The van der Waals surface area contributed by atoms with Gasteiger partial charge < -0.3 is 9.47 Å². The first-order chi connectivity index (χ1) is 10.2. The lowest BCUT2D eigenvalue weighted by atomic mass is 10.2. The van der Waals surface area contributed by atoms with Crippen LogP contribution in [0.25, 0.3) is 10.6 Å². The average molecular weight is 305 g/mol. The molecule has 0 atom stereocenters. The molecule has 0 amide bonds. The van der Waals surface area contributed by atoms with E-state index in [1.54, 1.807) is 11.3 Å². The van der Waals surface area contributed by atoms with Crippen LogP contribution in [0.1, 0.15) is 26.0 Å². The molecule has 0 unspecified atom stereocenters. The van der Waals surface area contributed by atoms with E-state index >= 15 is 0 Å². The van der Waals surface area contributed by atoms with Crippen LogP contribution in [0, 0.1) is 0 Å². The van der Waals surface area contributed by atoms with E-state index in [2.05, 4.69) is 4.98 Å². The van der Waals surface area contributed by atoms with Crippen LogP contribution in [-0.4, -0.2) is 24.2 Å². The maximum absolute atomic E-state index is 11.4. The van der Waals surface area contributed by atoms with Gasteiger partial charge in [0.1, 0.15) is 10.8 Å². The Balaban J connectivity index is 2.07. The summed E-state index contributed by atoms with van der Waals surface area (Å²) in [4.78, 5) is 16.0. The topological polar surface area (TPSA) is 48.4 Å². The van der Waals surface area contributed by atoms with Crippen molar-refractivity contribution in [3.63, 3.8) is 0 Å². The highest BCUT2D eigenvalue weighted by Crippen LogP contribution is 2.32. The molecule has 1 aromatic carbocycles. The third kappa shape index (κ3) is 4.29.